The zero-order valence-electron chi connectivity index (χ0n) is 11.9. The molecule has 1 aromatic carbocycles. The molecule has 1 unspecified atom stereocenters. The van der Waals surface area contributed by atoms with Crippen molar-refractivity contribution in [1.29, 1.82) is 0 Å². The van der Waals surface area contributed by atoms with E-state index in [1.807, 2.05) is 26.8 Å². The first-order valence-corrected chi connectivity index (χ1v) is 8.52. The molecule has 0 amide bonds. The van der Waals surface area contributed by atoms with Crippen molar-refractivity contribution in [3.63, 3.8) is 0 Å². The summed E-state index contributed by atoms with van der Waals surface area (Å²) in [4.78, 5) is 0.265. The minimum atomic E-state index is -3.52. The van der Waals surface area contributed by atoms with Crippen LogP contribution < -0.4 is 10.5 Å². The van der Waals surface area contributed by atoms with E-state index in [9.17, 15) is 8.42 Å². The van der Waals surface area contributed by atoms with Gasteiger partial charge >= 0.3 is 0 Å². The Bertz CT molecular complexity index is 515. The average Bonchev–Trinajstić information content (AvgIpc) is 2.25. The molecule has 116 valence electrons. The summed E-state index contributed by atoms with van der Waals surface area (Å²) in [6, 6.07) is 4.88. The van der Waals surface area contributed by atoms with E-state index in [0.717, 1.165) is 16.5 Å². The summed E-state index contributed by atoms with van der Waals surface area (Å²) in [5.74, 6) is 0.389. The van der Waals surface area contributed by atoms with Crippen molar-refractivity contribution in [2.75, 3.05) is 6.54 Å². The Morgan fingerprint density at radius 2 is 1.90 bits per heavy atom. The Kier molecular flexibility index (Phi) is 8.28. The Hall–Kier alpha value is -0.140. The molecular formula is C13H22BrClN2O2S. The smallest absolute Gasteiger partial charge is 0.240 e. The highest BCUT2D eigenvalue weighted by molar-refractivity contribution is 9.10. The Morgan fingerprint density at radius 1 is 1.30 bits per heavy atom. The molecule has 0 radical (unpaired) electrons. The topological polar surface area (TPSA) is 72.2 Å². The second kappa shape index (κ2) is 8.34. The molecule has 0 spiro atoms. The molecule has 1 rings (SSSR count). The van der Waals surface area contributed by atoms with Gasteiger partial charge in [-0.05, 0) is 43.0 Å². The molecule has 0 aromatic heterocycles. The minimum absolute atomic E-state index is 0. The van der Waals surface area contributed by atoms with Crippen LogP contribution in [0.4, 0.5) is 0 Å². The fourth-order valence-electron chi connectivity index (χ4n) is 1.91. The van der Waals surface area contributed by atoms with Crippen molar-refractivity contribution in [3.8, 4) is 0 Å². The number of benzene rings is 1. The molecule has 4 nitrogen and oxygen atoms in total. The quantitative estimate of drug-likeness (QED) is 0.791. The lowest BCUT2D eigenvalue weighted by Gasteiger charge is -2.19. The molecule has 0 aliphatic heterocycles. The van der Waals surface area contributed by atoms with Gasteiger partial charge < -0.3 is 5.73 Å². The largest absolute Gasteiger partial charge is 0.329 e. The molecule has 0 saturated carbocycles. The van der Waals surface area contributed by atoms with E-state index in [1.54, 1.807) is 12.1 Å². The first-order chi connectivity index (χ1) is 8.74. The monoisotopic (exact) mass is 384 g/mol. The Balaban J connectivity index is 0.00000361. The number of nitrogens with two attached hydrogens (primary N) is 1. The number of halogens is 2. The van der Waals surface area contributed by atoms with E-state index in [1.165, 1.54) is 0 Å². The van der Waals surface area contributed by atoms with E-state index in [2.05, 4.69) is 20.7 Å². The zero-order valence-corrected chi connectivity index (χ0v) is 15.1. The van der Waals surface area contributed by atoms with Crippen LogP contribution in [0.15, 0.2) is 27.6 Å². The van der Waals surface area contributed by atoms with Crippen LogP contribution in [0.2, 0.25) is 0 Å². The summed E-state index contributed by atoms with van der Waals surface area (Å²) in [5, 5.41) is 0. The van der Waals surface area contributed by atoms with Gasteiger partial charge in [-0.2, -0.15) is 0 Å². The molecule has 0 fully saturated rings. The van der Waals surface area contributed by atoms with Crippen LogP contribution in [0.1, 0.15) is 25.8 Å². The standard InChI is InChI=1S/C13H21BrN2O2S.ClH/c1-9(2)4-12(8-15)16-19(17,18)13-6-10(3)5-11(14)7-13;/h5-7,9,12,16H,4,8,15H2,1-3H3;1H. The van der Waals surface area contributed by atoms with Gasteiger partial charge in [0.05, 0.1) is 4.90 Å². The highest BCUT2D eigenvalue weighted by Crippen LogP contribution is 2.19. The lowest BCUT2D eigenvalue weighted by molar-refractivity contribution is 0.465. The fraction of sp³-hybridized carbons (Fsp3) is 0.538. The predicted octanol–water partition coefficient (Wildman–Crippen LogP) is 2.83. The van der Waals surface area contributed by atoms with Crippen LogP contribution in [0.25, 0.3) is 0 Å². The number of aryl methyl sites for hydroxylation is 1. The van der Waals surface area contributed by atoms with E-state index in [0.29, 0.717) is 12.5 Å². The van der Waals surface area contributed by atoms with Gasteiger partial charge in [-0.1, -0.05) is 29.8 Å². The normalized spacial score (nSPS) is 13.1. The summed E-state index contributed by atoms with van der Waals surface area (Å²) in [7, 11) is -3.52. The van der Waals surface area contributed by atoms with Gasteiger partial charge in [0, 0.05) is 17.1 Å². The maximum Gasteiger partial charge on any atom is 0.240 e. The summed E-state index contributed by atoms with van der Waals surface area (Å²) >= 11 is 3.31. The van der Waals surface area contributed by atoms with Crippen molar-refractivity contribution in [2.45, 2.75) is 38.1 Å². The molecular weight excluding hydrogens is 364 g/mol. The summed E-state index contributed by atoms with van der Waals surface area (Å²) < 4.78 is 28.0. The lowest BCUT2D eigenvalue weighted by atomic mass is 10.1. The molecule has 0 heterocycles. The minimum Gasteiger partial charge on any atom is -0.329 e. The molecule has 0 aliphatic carbocycles. The van der Waals surface area contributed by atoms with E-state index < -0.39 is 10.0 Å². The van der Waals surface area contributed by atoms with E-state index in [4.69, 9.17) is 5.73 Å². The second-order valence-corrected chi connectivity index (χ2v) is 7.78. The van der Waals surface area contributed by atoms with Crippen molar-refractivity contribution >= 4 is 38.4 Å². The van der Waals surface area contributed by atoms with Gasteiger partial charge in [0.25, 0.3) is 0 Å². The molecule has 1 atom stereocenters. The Morgan fingerprint density at radius 3 is 2.35 bits per heavy atom. The van der Waals surface area contributed by atoms with Gasteiger partial charge in [-0.15, -0.1) is 12.4 Å². The van der Waals surface area contributed by atoms with Crippen LogP contribution in [-0.4, -0.2) is 21.0 Å². The third-order valence-electron chi connectivity index (χ3n) is 2.69. The molecule has 3 N–H and O–H groups in total. The van der Waals surface area contributed by atoms with Gasteiger partial charge in [0.1, 0.15) is 0 Å². The number of nitrogens with one attached hydrogen (secondary N) is 1. The van der Waals surface area contributed by atoms with Gasteiger partial charge in [-0.3, -0.25) is 0 Å². The van der Waals surface area contributed by atoms with Gasteiger partial charge in [-0.25, -0.2) is 13.1 Å². The molecule has 20 heavy (non-hydrogen) atoms. The molecule has 1 aromatic rings. The number of hydrogen-bond donors (Lipinski definition) is 2. The number of sulfonamides is 1. The average molecular weight is 386 g/mol. The van der Waals surface area contributed by atoms with Crippen molar-refractivity contribution < 1.29 is 8.42 Å². The molecule has 0 aliphatic rings. The van der Waals surface area contributed by atoms with Gasteiger partial charge in [0.2, 0.25) is 10.0 Å². The first kappa shape index (κ1) is 19.9. The van der Waals surface area contributed by atoms with Crippen LogP contribution >= 0.6 is 28.3 Å². The van der Waals surface area contributed by atoms with Crippen LogP contribution in [0.3, 0.4) is 0 Å². The number of hydrogen-bond acceptors (Lipinski definition) is 3. The maximum absolute atomic E-state index is 12.3. The predicted molar refractivity (Wildman–Crippen MR) is 88.7 cm³/mol. The fourth-order valence-corrected chi connectivity index (χ4v) is 4.06. The summed E-state index contributed by atoms with van der Waals surface area (Å²) in [5.41, 5.74) is 6.52. The van der Waals surface area contributed by atoms with Crippen molar-refractivity contribution in [3.05, 3.63) is 28.2 Å². The Labute approximate surface area is 136 Å². The summed E-state index contributed by atoms with van der Waals surface area (Å²) in [6.45, 7) is 6.24. The summed E-state index contributed by atoms with van der Waals surface area (Å²) in [6.07, 6.45) is 0.725. The highest BCUT2D eigenvalue weighted by Gasteiger charge is 2.20. The number of rotatable bonds is 6. The molecule has 7 heteroatoms. The van der Waals surface area contributed by atoms with E-state index in [-0.39, 0.29) is 23.3 Å². The molecule has 0 saturated heterocycles. The third-order valence-corrected chi connectivity index (χ3v) is 4.65. The molecule has 0 bridgehead atoms. The first-order valence-electron chi connectivity index (χ1n) is 6.24. The maximum atomic E-state index is 12.3. The van der Waals surface area contributed by atoms with Crippen LogP contribution in [0.5, 0.6) is 0 Å². The van der Waals surface area contributed by atoms with Gasteiger partial charge in [0.15, 0.2) is 0 Å². The van der Waals surface area contributed by atoms with Crippen molar-refractivity contribution in [1.82, 2.24) is 4.72 Å². The second-order valence-electron chi connectivity index (χ2n) is 5.15. The SMILES string of the molecule is Cc1cc(Br)cc(S(=O)(=O)NC(CN)CC(C)C)c1.Cl. The third kappa shape index (κ3) is 6.10. The lowest BCUT2D eigenvalue weighted by Crippen LogP contribution is -2.41. The van der Waals surface area contributed by atoms with Crippen molar-refractivity contribution in [2.24, 2.45) is 11.7 Å². The zero-order chi connectivity index (χ0) is 14.6. The highest BCUT2D eigenvalue weighted by atomic mass is 79.9. The van der Waals surface area contributed by atoms with Crippen LogP contribution in [-0.2, 0) is 10.0 Å². The van der Waals surface area contributed by atoms with E-state index >= 15 is 0 Å². The van der Waals surface area contributed by atoms with Crippen LogP contribution in [0, 0.1) is 12.8 Å².